The topological polar surface area (TPSA) is 337 Å². The normalized spacial score (nSPS) is 4.14. The summed E-state index contributed by atoms with van der Waals surface area (Å²) in [7, 11) is -5.17. The van der Waals surface area contributed by atoms with Crippen LogP contribution in [0.25, 0.3) is 0 Å². The fourth-order valence-electron chi connectivity index (χ4n) is 0. The molecule has 14 heteroatoms. The van der Waals surface area contributed by atoms with E-state index in [9.17, 15) is 0 Å². The molecule has 0 aromatic heterocycles. The Morgan fingerprint density at radius 1 is 0.643 bits per heavy atom. The molecule has 14 heavy (non-hydrogen) atoms. The van der Waals surface area contributed by atoms with E-state index in [4.69, 9.17) is 17.5 Å². The molecule has 0 bridgehead atoms. The van der Waals surface area contributed by atoms with Crippen LogP contribution in [0.1, 0.15) is 0 Å². The summed E-state index contributed by atoms with van der Waals surface area (Å²) < 4.78 is 34.1. The van der Waals surface area contributed by atoms with Crippen molar-refractivity contribution in [3.63, 3.8) is 0 Å². The quantitative estimate of drug-likeness (QED) is 0.258. The molecule has 102 valence electrons. The van der Waals surface area contributed by atoms with Crippen molar-refractivity contribution in [3.05, 3.63) is 0 Å². The molecule has 12 nitrogen and oxygen atoms in total. The van der Waals surface area contributed by atoms with Gasteiger partial charge in [0.15, 0.2) is 0 Å². The molecule has 0 fully saturated rings. The van der Waals surface area contributed by atoms with E-state index < -0.39 is 10.4 Å². The largest absolute Gasteiger partial charge is 1.00 e. The van der Waals surface area contributed by atoms with Crippen LogP contribution in [0.2, 0.25) is 0 Å². The molecule has 0 saturated carbocycles. The van der Waals surface area contributed by atoms with Crippen molar-refractivity contribution in [2.45, 2.75) is 0 Å². The molecule has 0 aliphatic rings. The first-order valence-electron chi connectivity index (χ1n) is 0.667. The third-order valence-corrected chi connectivity index (χ3v) is 0. The molecular formula is H18MnNO11S. The van der Waals surface area contributed by atoms with Gasteiger partial charge >= 0.3 is 17.1 Å². The molecule has 0 aromatic carbocycles. The van der Waals surface area contributed by atoms with Crippen LogP contribution in [-0.4, -0.2) is 55.9 Å². The Labute approximate surface area is 90.1 Å². The monoisotopic (exact) mass is 295 g/mol. The second-order valence-electron chi connectivity index (χ2n) is 0.408. The van der Waals surface area contributed by atoms with Crippen LogP contribution in [0.3, 0.4) is 0 Å². The summed E-state index contributed by atoms with van der Waals surface area (Å²) in [6, 6.07) is 0. The van der Waals surface area contributed by atoms with Crippen molar-refractivity contribution in [2.24, 2.45) is 0 Å². The minimum absolute atomic E-state index is 0. The zero-order chi connectivity index (χ0) is 4.50. The average molecular weight is 295 g/mol. The van der Waals surface area contributed by atoms with Gasteiger partial charge in [0.05, 0.1) is 0 Å². The Morgan fingerprint density at radius 2 is 0.643 bits per heavy atom. The van der Waals surface area contributed by atoms with E-state index in [1.54, 1.807) is 0 Å². The number of hydrogen-bond acceptors (Lipinski definition) is 4. The van der Waals surface area contributed by atoms with E-state index in [1.165, 1.54) is 0 Å². The maximum Gasteiger partial charge on any atom is 1.00 e. The van der Waals surface area contributed by atoms with Crippen molar-refractivity contribution >= 4 is 10.4 Å². The third kappa shape index (κ3) is 306000. The summed E-state index contributed by atoms with van der Waals surface area (Å²) in [6.07, 6.45) is 0. The summed E-state index contributed by atoms with van der Waals surface area (Å²) in [4.78, 5) is 0. The second kappa shape index (κ2) is 51.7. The van der Waals surface area contributed by atoms with Gasteiger partial charge in [-0.3, -0.25) is 8.42 Å². The van der Waals surface area contributed by atoms with Crippen LogP contribution in [0.5, 0.6) is 0 Å². The molecule has 0 unspecified atom stereocenters. The maximum absolute atomic E-state index is 8.52. The Kier molecular flexibility index (Phi) is 536. The predicted octanol–water partition coefficient (Wildman–Crippen LogP) is -6.74. The fraction of sp³-hybridized carbons (Fsp3) is 0. The van der Waals surface area contributed by atoms with Crippen LogP contribution in [0.15, 0.2) is 0 Å². The zero-order valence-electron chi connectivity index (χ0n) is 6.92. The second-order valence-corrected chi connectivity index (χ2v) is 1.22. The van der Waals surface area contributed by atoms with Gasteiger partial charge in [0, 0.05) is 10.4 Å². The number of hydrogen-bond donors (Lipinski definition) is 1. The van der Waals surface area contributed by atoms with Crippen molar-refractivity contribution < 1.29 is 72.9 Å². The molecule has 0 amide bonds. The van der Waals surface area contributed by atoms with E-state index in [1.807, 2.05) is 0 Å². The molecule has 0 aliphatic carbocycles. The maximum atomic E-state index is 8.52. The molecule has 0 spiro atoms. The minimum Gasteiger partial charge on any atom is -0.759 e. The van der Waals surface area contributed by atoms with Crippen LogP contribution in [-0.2, 0) is 27.5 Å². The van der Waals surface area contributed by atoms with E-state index in [0.29, 0.717) is 0 Å². The Hall–Kier alpha value is 0.0695. The molecule has 0 atom stereocenters. The summed E-state index contributed by atoms with van der Waals surface area (Å²) in [5, 5.41) is 0. The van der Waals surface area contributed by atoms with Crippen molar-refractivity contribution in [3.8, 4) is 0 Å². The molecular weight excluding hydrogens is 277 g/mol. The molecule has 0 saturated heterocycles. The summed E-state index contributed by atoms with van der Waals surface area (Å²) in [6.45, 7) is 0. The fourth-order valence-corrected chi connectivity index (χ4v) is 0. The van der Waals surface area contributed by atoms with Gasteiger partial charge in [0.1, 0.15) is 0 Å². The van der Waals surface area contributed by atoms with E-state index in [2.05, 4.69) is 0 Å². The summed E-state index contributed by atoms with van der Waals surface area (Å²) in [5.41, 5.74) is 0. The van der Waals surface area contributed by atoms with Crippen molar-refractivity contribution in [1.29, 1.82) is 0 Å². The summed E-state index contributed by atoms with van der Waals surface area (Å²) in [5.74, 6) is 0. The van der Waals surface area contributed by atoms with Crippen LogP contribution in [0.4, 0.5) is 0 Å². The molecule has 0 radical (unpaired) electrons. The Balaban J connectivity index is -0.00000000222. The van der Waals surface area contributed by atoms with Gasteiger partial charge in [-0.2, -0.15) is 0 Å². The first kappa shape index (κ1) is 145. The van der Waals surface area contributed by atoms with Crippen molar-refractivity contribution in [2.75, 3.05) is 0 Å². The van der Waals surface area contributed by atoms with Crippen LogP contribution in [0, 0.1) is 0 Å². The van der Waals surface area contributed by atoms with E-state index in [-0.39, 0.29) is 61.6 Å². The van der Waals surface area contributed by atoms with Gasteiger partial charge in [-0.25, -0.2) is 0 Å². The first-order chi connectivity index (χ1) is 2.00. The molecule has 0 aromatic rings. The van der Waals surface area contributed by atoms with Gasteiger partial charge in [0.2, 0.25) is 0 Å². The first-order valence-corrected chi connectivity index (χ1v) is 2.00. The summed E-state index contributed by atoms with van der Waals surface area (Å²) >= 11 is 0. The molecule has 0 aliphatic heterocycles. The smallest absolute Gasteiger partial charge is 0.759 e. The van der Waals surface area contributed by atoms with Gasteiger partial charge in [-0.05, 0) is 0 Å². The Bertz CT molecular complexity index is 98.5. The molecule has 0 rings (SSSR count). The zero-order valence-corrected chi connectivity index (χ0v) is 8.92. The third-order valence-electron chi connectivity index (χ3n) is 0. The SMILES string of the molecule is O.O.O.O.O.O.O.O=S(=O)([O-])[O-].[Mn+].[NH4+]. The van der Waals surface area contributed by atoms with Crippen LogP contribution < -0.4 is 6.15 Å². The van der Waals surface area contributed by atoms with Gasteiger partial charge in [0.25, 0.3) is 0 Å². The van der Waals surface area contributed by atoms with Crippen LogP contribution >= 0.6 is 0 Å². The minimum atomic E-state index is -5.17. The molecule has 0 heterocycles. The van der Waals surface area contributed by atoms with Crippen molar-refractivity contribution in [1.82, 2.24) is 6.15 Å². The number of quaternary nitrogens is 1. The van der Waals surface area contributed by atoms with E-state index in [0.717, 1.165) is 0 Å². The van der Waals surface area contributed by atoms with Gasteiger partial charge in [-0.15, -0.1) is 0 Å². The number of rotatable bonds is 0. The average Bonchev–Trinajstić information content (AvgIpc) is 0.722. The Morgan fingerprint density at radius 3 is 0.643 bits per heavy atom. The van der Waals surface area contributed by atoms with E-state index >= 15 is 0 Å². The van der Waals surface area contributed by atoms with Gasteiger partial charge < -0.3 is 53.6 Å². The predicted molar refractivity (Wildman–Crippen MR) is 41.8 cm³/mol. The standard InChI is InChI=1S/Mn.H3N.H2O4S.7H2O/c;;1-5(2,3)4;;;;;;;/h;1H3;(H2,1,2,3,4);7*1H2/q+1;;;;;;;;;/p-1. The molecule has 18 N–H and O–H groups in total. The van der Waals surface area contributed by atoms with Gasteiger partial charge in [-0.1, -0.05) is 0 Å².